The molecule has 164 valence electrons. The topological polar surface area (TPSA) is 44.8 Å². The number of hydrogen-bond acceptors (Lipinski definition) is 4. The first-order chi connectivity index (χ1) is 14.9. The minimum atomic E-state index is -0.942. The predicted molar refractivity (Wildman–Crippen MR) is 110 cm³/mol. The lowest BCUT2D eigenvalue weighted by atomic mass is 9.62. The van der Waals surface area contributed by atoms with Crippen LogP contribution >= 0.6 is 0 Å². The van der Waals surface area contributed by atoms with Gasteiger partial charge < -0.3 is 14.2 Å². The number of carbonyl (C=O) groups is 1. The standard InChI is InChI=1S/C25H26F2O4/c1-16(30-23(28)17-5-6-17)24-9-11-25(12-10-24,29-15-24)18-3-2-4-19(13-18)31-20-7-8-21(26)22(27)14-20/h2-4,7-8,13-14,16-17H,5-6,9-12,15H2,1H3/t16-,24?,25?/m1/s1. The van der Waals surface area contributed by atoms with Crippen molar-refractivity contribution in [1.29, 1.82) is 0 Å². The second-order valence-corrected chi connectivity index (χ2v) is 9.20. The minimum Gasteiger partial charge on any atom is -0.462 e. The first-order valence-corrected chi connectivity index (χ1v) is 11.0. The van der Waals surface area contributed by atoms with Crippen LogP contribution < -0.4 is 4.74 Å². The van der Waals surface area contributed by atoms with Crippen molar-refractivity contribution in [2.75, 3.05) is 6.61 Å². The Morgan fingerprint density at radius 3 is 2.42 bits per heavy atom. The summed E-state index contributed by atoms with van der Waals surface area (Å²) in [5.74, 6) is -1.02. The molecule has 31 heavy (non-hydrogen) atoms. The zero-order chi connectivity index (χ0) is 21.6. The van der Waals surface area contributed by atoms with Gasteiger partial charge in [-0.05, 0) is 75.3 Å². The summed E-state index contributed by atoms with van der Waals surface area (Å²) in [7, 11) is 0. The van der Waals surface area contributed by atoms with Gasteiger partial charge in [-0.1, -0.05) is 12.1 Å². The highest BCUT2D eigenvalue weighted by Crippen LogP contribution is 2.56. The van der Waals surface area contributed by atoms with E-state index < -0.39 is 17.2 Å². The molecule has 0 unspecified atom stereocenters. The maximum absolute atomic E-state index is 13.5. The number of halogens is 2. The van der Waals surface area contributed by atoms with Gasteiger partial charge in [0.05, 0.1) is 18.1 Å². The van der Waals surface area contributed by atoms with Crippen molar-refractivity contribution in [2.45, 2.75) is 57.2 Å². The van der Waals surface area contributed by atoms with Gasteiger partial charge in [0.15, 0.2) is 11.6 Å². The number of ether oxygens (including phenoxy) is 3. The van der Waals surface area contributed by atoms with Gasteiger partial charge in [-0.15, -0.1) is 0 Å². The van der Waals surface area contributed by atoms with Crippen molar-refractivity contribution in [3.05, 3.63) is 59.7 Å². The highest BCUT2D eigenvalue weighted by atomic mass is 19.2. The van der Waals surface area contributed by atoms with Gasteiger partial charge >= 0.3 is 5.97 Å². The summed E-state index contributed by atoms with van der Waals surface area (Å²) in [6.45, 7) is 2.55. The van der Waals surface area contributed by atoms with Gasteiger partial charge in [-0.3, -0.25) is 4.79 Å². The van der Waals surface area contributed by atoms with Crippen LogP contribution in [0.3, 0.4) is 0 Å². The lowest BCUT2D eigenvalue weighted by molar-refractivity contribution is -0.223. The molecule has 0 N–H and O–H groups in total. The van der Waals surface area contributed by atoms with Gasteiger partial charge in [0.25, 0.3) is 0 Å². The SMILES string of the molecule is C[C@@H](OC(=O)C1CC1)C12CCC(c3cccc(Oc4ccc(F)c(F)c4)c3)(CC1)OC2. The predicted octanol–water partition coefficient (Wildman–Crippen LogP) is 5.88. The summed E-state index contributed by atoms with van der Waals surface area (Å²) >= 11 is 0. The largest absolute Gasteiger partial charge is 0.462 e. The molecule has 2 aliphatic carbocycles. The van der Waals surface area contributed by atoms with E-state index in [1.54, 1.807) is 6.07 Å². The number of carbonyl (C=O) groups excluding carboxylic acids is 1. The maximum atomic E-state index is 13.5. The third-order valence-corrected chi connectivity index (χ3v) is 7.24. The van der Waals surface area contributed by atoms with Crippen LogP contribution in [0.4, 0.5) is 8.78 Å². The Morgan fingerprint density at radius 1 is 1.03 bits per heavy atom. The van der Waals surface area contributed by atoms with Crippen molar-refractivity contribution < 1.29 is 27.8 Å². The van der Waals surface area contributed by atoms with Gasteiger partial charge in [-0.25, -0.2) is 8.78 Å². The normalized spacial score (nSPS) is 28.2. The Labute approximate surface area is 180 Å². The molecule has 0 amide bonds. The molecule has 2 bridgehead atoms. The Hall–Kier alpha value is -2.47. The number of rotatable bonds is 6. The van der Waals surface area contributed by atoms with Crippen LogP contribution in [0, 0.1) is 23.0 Å². The summed E-state index contributed by atoms with van der Waals surface area (Å²) in [5, 5.41) is 0. The van der Waals surface area contributed by atoms with Crippen molar-refractivity contribution in [3.63, 3.8) is 0 Å². The van der Waals surface area contributed by atoms with Gasteiger partial charge in [0.1, 0.15) is 17.6 Å². The molecule has 6 heteroatoms. The van der Waals surface area contributed by atoms with E-state index >= 15 is 0 Å². The number of hydrogen-bond donors (Lipinski definition) is 0. The molecule has 2 saturated carbocycles. The molecule has 4 nitrogen and oxygen atoms in total. The third kappa shape index (κ3) is 3.82. The molecule has 2 aliphatic heterocycles. The highest BCUT2D eigenvalue weighted by molar-refractivity contribution is 5.75. The van der Waals surface area contributed by atoms with E-state index in [2.05, 4.69) is 0 Å². The van der Waals surface area contributed by atoms with Crippen LogP contribution in [-0.2, 0) is 19.9 Å². The Kier molecular flexibility index (Phi) is 5.00. The zero-order valence-electron chi connectivity index (χ0n) is 17.5. The number of benzene rings is 2. The summed E-state index contributed by atoms with van der Waals surface area (Å²) in [6.07, 6.45) is 5.28. The zero-order valence-corrected chi connectivity index (χ0v) is 17.5. The Bertz CT molecular complexity index is 976. The van der Waals surface area contributed by atoms with E-state index in [0.29, 0.717) is 12.4 Å². The summed E-state index contributed by atoms with van der Waals surface area (Å²) < 4.78 is 44.6. The fourth-order valence-corrected chi connectivity index (χ4v) is 4.85. The van der Waals surface area contributed by atoms with Crippen LogP contribution in [0.5, 0.6) is 11.5 Å². The van der Waals surface area contributed by atoms with Gasteiger partial charge in [0.2, 0.25) is 0 Å². The number of fused-ring (bicyclic) bond motifs is 3. The highest BCUT2D eigenvalue weighted by Gasteiger charge is 2.54. The van der Waals surface area contributed by atoms with E-state index in [1.807, 2.05) is 25.1 Å². The molecule has 2 heterocycles. The summed E-state index contributed by atoms with van der Waals surface area (Å²) in [6, 6.07) is 11.1. The Balaban J connectivity index is 1.29. The van der Waals surface area contributed by atoms with Gasteiger partial charge in [0, 0.05) is 11.5 Å². The lowest BCUT2D eigenvalue weighted by Gasteiger charge is -2.55. The molecule has 4 aliphatic rings. The minimum absolute atomic E-state index is 0.0636. The van der Waals surface area contributed by atoms with Gasteiger partial charge in [-0.2, -0.15) is 0 Å². The van der Waals surface area contributed by atoms with E-state index in [1.165, 1.54) is 6.07 Å². The van der Waals surface area contributed by atoms with Crippen molar-refractivity contribution in [1.82, 2.24) is 0 Å². The van der Waals surface area contributed by atoms with Crippen LogP contribution in [0.1, 0.15) is 51.0 Å². The van der Waals surface area contributed by atoms with Crippen molar-refractivity contribution >= 4 is 5.97 Å². The molecule has 4 fully saturated rings. The lowest BCUT2D eigenvalue weighted by Crippen LogP contribution is -2.54. The monoisotopic (exact) mass is 428 g/mol. The molecule has 0 aromatic heterocycles. The molecule has 0 radical (unpaired) electrons. The van der Waals surface area contributed by atoms with Crippen LogP contribution in [0.25, 0.3) is 0 Å². The fourth-order valence-electron chi connectivity index (χ4n) is 4.85. The molecule has 1 atom stereocenters. The van der Waals surface area contributed by atoms with Crippen LogP contribution in [0.2, 0.25) is 0 Å². The van der Waals surface area contributed by atoms with E-state index in [0.717, 1.165) is 56.2 Å². The molecular formula is C25H26F2O4. The molecule has 2 aromatic rings. The quantitative estimate of drug-likeness (QED) is 0.539. The molecule has 2 aromatic carbocycles. The Morgan fingerprint density at radius 2 is 1.77 bits per heavy atom. The molecule has 2 saturated heterocycles. The van der Waals surface area contributed by atoms with Crippen molar-refractivity contribution in [3.8, 4) is 11.5 Å². The summed E-state index contributed by atoms with van der Waals surface area (Å²) in [5.41, 5.74) is 0.505. The fraction of sp³-hybridized carbons (Fsp3) is 0.480. The first-order valence-electron chi connectivity index (χ1n) is 11.0. The maximum Gasteiger partial charge on any atom is 0.309 e. The number of esters is 1. The van der Waals surface area contributed by atoms with E-state index in [4.69, 9.17) is 14.2 Å². The van der Waals surface area contributed by atoms with Crippen molar-refractivity contribution in [2.24, 2.45) is 11.3 Å². The molecular weight excluding hydrogens is 402 g/mol. The molecule has 0 spiro atoms. The van der Waals surface area contributed by atoms with E-state index in [9.17, 15) is 13.6 Å². The average Bonchev–Trinajstić information content (AvgIpc) is 3.63. The first kappa shape index (κ1) is 20.4. The van der Waals surface area contributed by atoms with Crippen LogP contribution in [-0.4, -0.2) is 18.7 Å². The third-order valence-electron chi connectivity index (χ3n) is 7.24. The molecule has 6 rings (SSSR count). The summed E-state index contributed by atoms with van der Waals surface area (Å²) in [4.78, 5) is 12.1. The second-order valence-electron chi connectivity index (χ2n) is 9.20. The second kappa shape index (κ2) is 7.59. The van der Waals surface area contributed by atoms with Crippen LogP contribution in [0.15, 0.2) is 42.5 Å². The smallest absolute Gasteiger partial charge is 0.309 e. The van der Waals surface area contributed by atoms with E-state index in [-0.39, 0.29) is 29.2 Å². The average molecular weight is 428 g/mol.